The second-order valence-corrected chi connectivity index (χ2v) is 10.3. The van der Waals surface area contributed by atoms with Crippen molar-refractivity contribution in [3.05, 3.63) is 65.0 Å². The summed E-state index contributed by atoms with van der Waals surface area (Å²) in [5.41, 5.74) is 2.69. The number of amides is 1. The summed E-state index contributed by atoms with van der Waals surface area (Å²) in [6.07, 6.45) is 1.00. The Bertz CT molecular complexity index is 980. The Morgan fingerprint density at radius 1 is 1.14 bits per heavy atom. The molecule has 2 rings (SSSR count). The average Bonchev–Trinajstić information content (AvgIpc) is 2.63. The van der Waals surface area contributed by atoms with Gasteiger partial charge in [-0.05, 0) is 41.2 Å². The van der Waals surface area contributed by atoms with E-state index in [0.29, 0.717) is 12.1 Å². The number of halogens is 1. The number of benzene rings is 2. The van der Waals surface area contributed by atoms with Gasteiger partial charge in [0.25, 0.3) is 0 Å². The molecule has 0 saturated carbocycles. The molecule has 0 aliphatic rings. The van der Waals surface area contributed by atoms with Gasteiger partial charge in [0, 0.05) is 13.6 Å². The first-order valence-corrected chi connectivity index (χ1v) is 11.3. The highest BCUT2D eigenvalue weighted by molar-refractivity contribution is 7.92. The fourth-order valence-electron chi connectivity index (χ4n) is 2.84. The SMILES string of the molecule is C[C@H](C(=O)NCc1ccc(C(C)(C)C)cc1)c1ccc(N(C)S(C)(=O)=O)c(F)c1. The van der Waals surface area contributed by atoms with Crippen LogP contribution in [0, 0.1) is 5.82 Å². The quantitative estimate of drug-likeness (QED) is 0.770. The van der Waals surface area contributed by atoms with Gasteiger partial charge < -0.3 is 5.32 Å². The number of hydrogen-bond donors (Lipinski definition) is 1. The van der Waals surface area contributed by atoms with Crippen molar-refractivity contribution in [1.29, 1.82) is 0 Å². The van der Waals surface area contributed by atoms with E-state index in [1.807, 2.05) is 12.1 Å². The number of carbonyl (C=O) groups is 1. The van der Waals surface area contributed by atoms with Gasteiger partial charge in [0.2, 0.25) is 15.9 Å². The molecule has 0 heterocycles. The summed E-state index contributed by atoms with van der Waals surface area (Å²) in [7, 11) is -2.28. The zero-order valence-electron chi connectivity index (χ0n) is 17.8. The highest BCUT2D eigenvalue weighted by atomic mass is 32.2. The molecule has 0 radical (unpaired) electrons. The number of nitrogens with one attached hydrogen (secondary N) is 1. The van der Waals surface area contributed by atoms with Crippen LogP contribution in [0.5, 0.6) is 0 Å². The molecule has 1 atom stereocenters. The van der Waals surface area contributed by atoms with E-state index in [2.05, 4.69) is 38.2 Å². The molecule has 0 spiro atoms. The lowest BCUT2D eigenvalue weighted by Crippen LogP contribution is -2.28. The second-order valence-electron chi connectivity index (χ2n) is 8.33. The maximum absolute atomic E-state index is 14.4. The number of carbonyl (C=O) groups excluding carboxylic acids is 1. The molecule has 0 fully saturated rings. The van der Waals surface area contributed by atoms with Crippen LogP contribution in [0.3, 0.4) is 0 Å². The Morgan fingerprint density at radius 3 is 2.21 bits per heavy atom. The molecule has 2 aromatic rings. The average molecular weight is 421 g/mol. The minimum Gasteiger partial charge on any atom is -0.352 e. The van der Waals surface area contributed by atoms with Gasteiger partial charge in [-0.25, -0.2) is 12.8 Å². The summed E-state index contributed by atoms with van der Waals surface area (Å²) in [5.74, 6) is -1.49. The first-order chi connectivity index (χ1) is 13.3. The van der Waals surface area contributed by atoms with Crippen LogP contribution in [0.2, 0.25) is 0 Å². The van der Waals surface area contributed by atoms with Crippen molar-refractivity contribution in [2.75, 3.05) is 17.6 Å². The molecular formula is C22H29FN2O3S. The van der Waals surface area contributed by atoms with Crippen molar-refractivity contribution in [3.63, 3.8) is 0 Å². The predicted molar refractivity (Wildman–Crippen MR) is 115 cm³/mol. The van der Waals surface area contributed by atoms with Crippen molar-refractivity contribution in [3.8, 4) is 0 Å². The molecule has 7 heteroatoms. The first-order valence-electron chi connectivity index (χ1n) is 9.41. The fraction of sp³-hybridized carbons (Fsp3) is 0.409. The molecule has 5 nitrogen and oxygen atoms in total. The lowest BCUT2D eigenvalue weighted by molar-refractivity contribution is -0.122. The van der Waals surface area contributed by atoms with Crippen molar-refractivity contribution in [2.45, 2.75) is 45.6 Å². The van der Waals surface area contributed by atoms with E-state index < -0.39 is 21.8 Å². The van der Waals surface area contributed by atoms with Crippen LogP contribution >= 0.6 is 0 Å². The van der Waals surface area contributed by atoms with E-state index in [-0.39, 0.29) is 17.0 Å². The van der Waals surface area contributed by atoms with Crippen molar-refractivity contribution >= 4 is 21.6 Å². The van der Waals surface area contributed by atoms with Gasteiger partial charge in [0.1, 0.15) is 5.82 Å². The Morgan fingerprint density at radius 2 is 1.72 bits per heavy atom. The van der Waals surface area contributed by atoms with Gasteiger partial charge in [-0.1, -0.05) is 51.1 Å². The molecule has 0 aliphatic carbocycles. The summed E-state index contributed by atoms with van der Waals surface area (Å²) < 4.78 is 38.5. The minimum absolute atomic E-state index is 0.0530. The maximum Gasteiger partial charge on any atom is 0.232 e. The minimum atomic E-state index is -3.57. The van der Waals surface area contributed by atoms with Crippen LogP contribution in [0.25, 0.3) is 0 Å². The van der Waals surface area contributed by atoms with Crippen LogP contribution in [-0.4, -0.2) is 27.6 Å². The number of nitrogens with zero attached hydrogens (tertiary/aromatic N) is 1. The Balaban J connectivity index is 2.06. The Labute approximate surface area is 173 Å². The van der Waals surface area contributed by atoms with Gasteiger partial charge >= 0.3 is 0 Å². The van der Waals surface area contributed by atoms with Crippen molar-refractivity contribution in [2.24, 2.45) is 0 Å². The van der Waals surface area contributed by atoms with Crippen LogP contribution < -0.4 is 9.62 Å². The zero-order valence-corrected chi connectivity index (χ0v) is 18.6. The summed E-state index contributed by atoms with van der Waals surface area (Å²) in [4.78, 5) is 12.5. The Kier molecular flexibility index (Phi) is 6.73. The van der Waals surface area contributed by atoms with Crippen LogP contribution in [0.1, 0.15) is 50.3 Å². The fourth-order valence-corrected chi connectivity index (χ4v) is 3.35. The smallest absolute Gasteiger partial charge is 0.232 e. The van der Waals surface area contributed by atoms with Crippen molar-refractivity contribution in [1.82, 2.24) is 5.32 Å². The maximum atomic E-state index is 14.4. The zero-order chi connectivity index (χ0) is 22.0. The van der Waals surface area contributed by atoms with E-state index >= 15 is 0 Å². The summed E-state index contributed by atoms with van der Waals surface area (Å²) >= 11 is 0. The van der Waals surface area contributed by atoms with E-state index in [1.165, 1.54) is 24.7 Å². The Hall–Kier alpha value is -2.41. The second kappa shape index (κ2) is 8.53. The van der Waals surface area contributed by atoms with Gasteiger partial charge in [-0.2, -0.15) is 0 Å². The third-order valence-corrected chi connectivity index (χ3v) is 6.18. The van der Waals surface area contributed by atoms with E-state index in [1.54, 1.807) is 13.0 Å². The van der Waals surface area contributed by atoms with Crippen LogP contribution in [-0.2, 0) is 26.8 Å². The molecule has 0 aromatic heterocycles. The van der Waals surface area contributed by atoms with Gasteiger partial charge in [-0.3, -0.25) is 9.10 Å². The number of rotatable bonds is 6. The van der Waals surface area contributed by atoms with E-state index in [4.69, 9.17) is 0 Å². The first kappa shape index (κ1) is 22.9. The van der Waals surface area contributed by atoms with E-state index in [9.17, 15) is 17.6 Å². The molecule has 2 aromatic carbocycles. The highest BCUT2D eigenvalue weighted by Gasteiger charge is 2.20. The van der Waals surface area contributed by atoms with Gasteiger partial charge in [0.15, 0.2) is 0 Å². The van der Waals surface area contributed by atoms with Crippen molar-refractivity contribution < 1.29 is 17.6 Å². The monoisotopic (exact) mass is 420 g/mol. The lowest BCUT2D eigenvalue weighted by atomic mass is 9.87. The number of sulfonamides is 1. The molecular weight excluding hydrogens is 391 g/mol. The van der Waals surface area contributed by atoms with Gasteiger partial charge in [-0.15, -0.1) is 0 Å². The normalized spacial score (nSPS) is 13.1. The molecule has 0 bridgehead atoms. The predicted octanol–water partition coefficient (Wildman–Crippen LogP) is 3.94. The largest absolute Gasteiger partial charge is 0.352 e. The van der Waals surface area contributed by atoms with Crippen LogP contribution in [0.15, 0.2) is 42.5 Å². The summed E-state index contributed by atoms with van der Waals surface area (Å²) in [6.45, 7) is 8.49. The molecule has 0 unspecified atom stereocenters. The molecule has 0 aliphatic heterocycles. The third kappa shape index (κ3) is 5.79. The molecule has 0 saturated heterocycles. The van der Waals surface area contributed by atoms with Gasteiger partial charge in [0.05, 0.1) is 17.9 Å². The molecule has 29 heavy (non-hydrogen) atoms. The standard InChI is InChI=1S/C22H29FN2O3S/c1-15(17-9-12-20(19(23)13-17)25(5)29(6,27)28)21(26)24-14-16-7-10-18(11-8-16)22(2,3)4/h7-13,15H,14H2,1-6H3,(H,24,26)/t15-/m0/s1. The third-order valence-electron chi connectivity index (χ3n) is 4.99. The lowest BCUT2D eigenvalue weighted by Gasteiger charge is -2.20. The summed E-state index contributed by atoms with van der Waals surface area (Å²) in [6, 6.07) is 12.2. The van der Waals surface area contributed by atoms with E-state index in [0.717, 1.165) is 16.1 Å². The summed E-state index contributed by atoms with van der Waals surface area (Å²) in [5, 5.41) is 2.87. The van der Waals surface area contributed by atoms with Crippen LogP contribution in [0.4, 0.5) is 10.1 Å². The molecule has 1 N–H and O–H groups in total. The topological polar surface area (TPSA) is 66.5 Å². The highest BCUT2D eigenvalue weighted by Crippen LogP contribution is 2.26. The number of anilines is 1. The molecule has 158 valence electrons. The number of hydrogen-bond acceptors (Lipinski definition) is 3. The molecule has 1 amide bonds.